The van der Waals surface area contributed by atoms with Crippen LogP contribution < -0.4 is 5.73 Å². The average Bonchev–Trinajstić information content (AvgIpc) is 2.87. The number of primary amides is 1. The Kier molecular flexibility index (Phi) is 3.60. The molecule has 0 atom stereocenters. The molecule has 0 fully saturated rings. The molecular weight excluding hydrogens is 305 g/mol. The van der Waals surface area contributed by atoms with Crippen LogP contribution in [0.2, 0.25) is 0 Å². The van der Waals surface area contributed by atoms with Crippen LogP contribution in [0.25, 0.3) is 10.9 Å². The summed E-state index contributed by atoms with van der Waals surface area (Å²) >= 11 is 0. The normalized spacial score (nSPS) is 11.8. The van der Waals surface area contributed by atoms with E-state index in [0.717, 1.165) is 10.6 Å². The zero-order valence-electron chi connectivity index (χ0n) is 12.0. The fourth-order valence-corrected chi connectivity index (χ4v) is 2.69. The van der Waals surface area contributed by atoms with Gasteiger partial charge < -0.3 is 10.3 Å². The summed E-state index contributed by atoms with van der Waals surface area (Å²) in [5, 5.41) is 0.338. The van der Waals surface area contributed by atoms with Crippen molar-refractivity contribution in [2.24, 2.45) is 5.73 Å². The van der Waals surface area contributed by atoms with Crippen molar-refractivity contribution in [1.82, 2.24) is 4.57 Å². The highest BCUT2D eigenvalue weighted by Gasteiger charge is 2.36. The molecule has 2 aromatic carbocycles. The molecule has 0 unspecified atom stereocenters. The van der Waals surface area contributed by atoms with E-state index < -0.39 is 17.8 Å². The summed E-state index contributed by atoms with van der Waals surface area (Å²) in [5.41, 5.74) is 5.51. The van der Waals surface area contributed by atoms with E-state index in [1.165, 1.54) is 12.1 Å². The zero-order chi connectivity index (χ0) is 16.6. The Labute approximate surface area is 130 Å². The summed E-state index contributed by atoms with van der Waals surface area (Å²) < 4.78 is 41.3. The van der Waals surface area contributed by atoms with E-state index in [-0.39, 0.29) is 17.6 Å². The molecule has 0 radical (unpaired) electrons. The van der Waals surface area contributed by atoms with Gasteiger partial charge in [0.15, 0.2) is 0 Å². The van der Waals surface area contributed by atoms with Gasteiger partial charge in [0.2, 0.25) is 0 Å². The van der Waals surface area contributed by atoms with Crippen molar-refractivity contribution in [2.45, 2.75) is 12.7 Å². The van der Waals surface area contributed by atoms with Crippen molar-refractivity contribution >= 4 is 16.8 Å². The maximum Gasteiger partial charge on any atom is 0.431 e. The number of carbonyl (C=O) groups excluding carboxylic acids is 1. The standard InChI is InChI=1S/C17H13F3N2O/c18-17(19,20)14-9-12-7-4-8-13(16(21)23)15(12)22(14)10-11-5-2-1-3-6-11/h1-9H,10H2,(H2,21,23). The number of hydrogen-bond donors (Lipinski definition) is 1. The van der Waals surface area contributed by atoms with Crippen molar-refractivity contribution in [3.8, 4) is 0 Å². The molecule has 3 aromatic rings. The highest BCUT2D eigenvalue weighted by Crippen LogP contribution is 2.35. The third kappa shape index (κ3) is 2.79. The van der Waals surface area contributed by atoms with Crippen molar-refractivity contribution in [3.63, 3.8) is 0 Å². The summed E-state index contributed by atoms with van der Waals surface area (Å²) in [7, 11) is 0. The molecule has 23 heavy (non-hydrogen) atoms. The van der Waals surface area contributed by atoms with E-state index in [2.05, 4.69) is 0 Å². The maximum absolute atomic E-state index is 13.4. The topological polar surface area (TPSA) is 48.0 Å². The van der Waals surface area contributed by atoms with E-state index in [4.69, 9.17) is 5.73 Å². The van der Waals surface area contributed by atoms with Gasteiger partial charge in [-0.1, -0.05) is 42.5 Å². The minimum Gasteiger partial charge on any atom is -0.366 e. The molecule has 118 valence electrons. The number of amides is 1. The van der Waals surface area contributed by atoms with Gasteiger partial charge in [-0.15, -0.1) is 0 Å². The second-order valence-corrected chi connectivity index (χ2v) is 5.21. The molecule has 0 aliphatic rings. The number of alkyl halides is 3. The first-order valence-corrected chi connectivity index (χ1v) is 6.91. The largest absolute Gasteiger partial charge is 0.431 e. The number of aromatic nitrogens is 1. The van der Waals surface area contributed by atoms with Crippen LogP contribution in [0.5, 0.6) is 0 Å². The second-order valence-electron chi connectivity index (χ2n) is 5.21. The predicted molar refractivity (Wildman–Crippen MR) is 81.0 cm³/mol. The number of para-hydroxylation sites is 1. The molecule has 0 spiro atoms. The van der Waals surface area contributed by atoms with E-state index in [0.29, 0.717) is 10.9 Å². The average molecular weight is 318 g/mol. The lowest BCUT2D eigenvalue weighted by Gasteiger charge is -2.14. The minimum atomic E-state index is -4.53. The van der Waals surface area contributed by atoms with E-state index in [9.17, 15) is 18.0 Å². The number of halogens is 3. The number of fused-ring (bicyclic) bond motifs is 1. The van der Waals surface area contributed by atoms with Crippen molar-refractivity contribution < 1.29 is 18.0 Å². The summed E-state index contributed by atoms with van der Waals surface area (Å²) in [6.45, 7) is 0.00345. The van der Waals surface area contributed by atoms with Crippen LogP contribution in [0.3, 0.4) is 0 Å². The van der Waals surface area contributed by atoms with Crippen LogP contribution in [0.4, 0.5) is 13.2 Å². The monoisotopic (exact) mass is 318 g/mol. The minimum absolute atomic E-state index is 0.00345. The van der Waals surface area contributed by atoms with Crippen LogP contribution in [-0.4, -0.2) is 10.5 Å². The molecule has 1 amide bonds. The van der Waals surface area contributed by atoms with Crippen molar-refractivity contribution in [2.75, 3.05) is 0 Å². The van der Waals surface area contributed by atoms with Crippen LogP contribution in [-0.2, 0) is 12.7 Å². The molecule has 1 aromatic heterocycles. The van der Waals surface area contributed by atoms with E-state index >= 15 is 0 Å². The van der Waals surface area contributed by atoms with Crippen LogP contribution >= 0.6 is 0 Å². The first-order valence-electron chi connectivity index (χ1n) is 6.91. The fourth-order valence-electron chi connectivity index (χ4n) is 2.69. The van der Waals surface area contributed by atoms with Gasteiger partial charge in [-0.3, -0.25) is 4.79 Å². The van der Waals surface area contributed by atoms with Crippen molar-refractivity contribution in [1.29, 1.82) is 0 Å². The Morgan fingerprint density at radius 3 is 2.35 bits per heavy atom. The molecule has 0 bridgehead atoms. The Balaban J connectivity index is 2.29. The smallest absolute Gasteiger partial charge is 0.366 e. The number of nitrogens with zero attached hydrogens (tertiary/aromatic N) is 1. The molecule has 2 N–H and O–H groups in total. The van der Waals surface area contributed by atoms with Gasteiger partial charge in [-0.05, 0) is 17.7 Å². The van der Waals surface area contributed by atoms with Gasteiger partial charge in [0.1, 0.15) is 5.69 Å². The molecule has 3 nitrogen and oxygen atoms in total. The lowest BCUT2D eigenvalue weighted by molar-refractivity contribution is -0.143. The third-order valence-corrected chi connectivity index (χ3v) is 3.66. The first kappa shape index (κ1) is 15.1. The highest BCUT2D eigenvalue weighted by atomic mass is 19.4. The number of nitrogens with two attached hydrogens (primary N) is 1. The number of hydrogen-bond acceptors (Lipinski definition) is 1. The van der Waals surface area contributed by atoms with Crippen LogP contribution in [0.1, 0.15) is 21.6 Å². The molecule has 6 heteroatoms. The summed E-state index contributed by atoms with van der Waals surface area (Å²) in [5.74, 6) is -0.753. The van der Waals surface area contributed by atoms with E-state index in [1.807, 2.05) is 0 Å². The molecule has 0 saturated carbocycles. The summed E-state index contributed by atoms with van der Waals surface area (Å²) in [6, 6.07) is 14.3. The summed E-state index contributed by atoms with van der Waals surface area (Å²) in [6.07, 6.45) is -4.53. The fraction of sp³-hybridized carbons (Fsp3) is 0.118. The SMILES string of the molecule is NC(=O)c1cccc2cc(C(F)(F)F)n(Cc3ccccc3)c12. The predicted octanol–water partition coefficient (Wildman–Crippen LogP) is 3.81. The van der Waals surface area contributed by atoms with Gasteiger partial charge in [-0.2, -0.15) is 13.2 Å². The van der Waals surface area contributed by atoms with Gasteiger partial charge in [0.05, 0.1) is 11.1 Å². The quantitative estimate of drug-likeness (QED) is 0.784. The first-order chi connectivity index (χ1) is 10.9. The van der Waals surface area contributed by atoms with Crippen molar-refractivity contribution in [3.05, 3.63) is 71.4 Å². The number of carbonyl (C=O) groups is 1. The van der Waals surface area contributed by atoms with Gasteiger partial charge in [0.25, 0.3) is 5.91 Å². The summed E-state index contributed by atoms with van der Waals surface area (Å²) in [4.78, 5) is 11.6. The Morgan fingerprint density at radius 2 is 1.74 bits per heavy atom. The van der Waals surface area contributed by atoms with Gasteiger partial charge in [0, 0.05) is 11.9 Å². The molecule has 3 rings (SSSR count). The number of benzene rings is 2. The Bertz CT molecular complexity index is 867. The van der Waals surface area contributed by atoms with Gasteiger partial charge in [-0.25, -0.2) is 0 Å². The third-order valence-electron chi connectivity index (χ3n) is 3.66. The lowest BCUT2D eigenvalue weighted by Crippen LogP contribution is -2.17. The lowest BCUT2D eigenvalue weighted by atomic mass is 10.1. The van der Waals surface area contributed by atoms with E-state index in [1.54, 1.807) is 36.4 Å². The zero-order valence-corrected chi connectivity index (χ0v) is 12.0. The Hall–Kier alpha value is -2.76. The molecular formula is C17H13F3N2O. The van der Waals surface area contributed by atoms with Crippen LogP contribution in [0.15, 0.2) is 54.6 Å². The van der Waals surface area contributed by atoms with Gasteiger partial charge >= 0.3 is 6.18 Å². The second kappa shape index (κ2) is 5.46. The van der Waals surface area contributed by atoms with Crippen LogP contribution in [0, 0.1) is 0 Å². The molecule has 0 aliphatic carbocycles. The number of rotatable bonds is 3. The highest BCUT2D eigenvalue weighted by molar-refractivity contribution is 6.05. The molecule has 0 saturated heterocycles. The molecule has 0 aliphatic heterocycles. The Morgan fingerprint density at radius 1 is 1.04 bits per heavy atom. The molecule has 1 heterocycles. The maximum atomic E-state index is 13.4.